The molecule has 2 aromatic heterocycles. The van der Waals surface area contributed by atoms with Gasteiger partial charge in [0.1, 0.15) is 11.4 Å². The predicted molar refractivity (Wildman–Crippen MR) is 121 cm³/mol. The average molecular weight is 500 g/mol. The number of hydrogen-bond acceptors (Lipinski definition) is 9. The van der Waals surface area contributed by atoms with Crippen molar-refractivity contribution in [1.29, 1.82) is 0 Å². The second-order valence-electron chi connectivity index (χ2n) is 7.36. The van der Waals surface area contributed by atoms with Crippen LogP contribution in [-0.2, 0) is 6.18 Å². The van der Waals surface area contributed by atoms with Gasteiger partial charge in [-0.3, -0.25) is 4.79 Å². The van der Waals surface area contributed by atoms with Gasteiger partial charge in [-0.2, -0.15) is 23.0 Å². The quantitative estimate of drug-likeness (QED) is 0.276. The molecule has 186 valence electrons. The summed E-state index contributed by atoms with van der Waals surface area (Å²) in [5.41, 5.74) is 8.27. The molecule has 0 fully saturated rings. The maximum atomic E-state index is 12.9. The first-order chi connectivity index (χ1) is 17.3. The first kappa shape index (κ1) is 24.4. The van der Waals surface area contributed by atoms with Crippen LogP contribution in [0.2, 0.25) is 0 Å². The molecule has 0 aliphatic carbocycles. The average Bonchev–Trinajstić information content (AvgIpc) is 3.49. The molecule has 3 N–H and O–H groups in total. The summed E-state index contributed by atoms with van der Waals surface area (Å²) >= 11 is 0. The van der Waals surface area contributed by atoms with Crippen LogP contribution in [0.3, 0.4) is 0 Å². The Kier molecular flexibility index (Phi) is 6.94. The van der Waals surface area contributed by atoms with Crippen LogP contribution in [-0.4, -0.2) is 44.0 Å². The van der Waals surface area contributed by atoms with E-state index in [1.165, 1.54) is 23.0 Å². The molecule has 0 saturated carbocycles. The van der Waals surface area contributed by atoms with Gasteiger partial charge in [0.25, 0.3) is 5.91 Å². The molecule has 36 heavy (non-hydrogen) atoms. The van der Waals surface area contributed by atoms with Crippen molar-refractivity contribution in [2.75, 3.05) is 12.3 Å². The molecule has 14 heteroatoms. The first-order valence-corrected chi connectivity index (χ1v) is 10.6. The number of amides is 1. The Hall–Kier alpha value is -4.75. The molecule has 2 aromatic carbocycles. The number of nitrogens with two attached hydrogens (primary N) is 1. The lowest BCUT2D eigenvalue weighted by Gasteiger charge is -2.08. The summed E-state index contributed by atoms with van der Waals surface area (Å²) in [6.07, 6.45) is -2.41. The van der Waals surface area contributed by atoms with Gasteiger partial charge in [0.2, 0.25) is 11.6 Å². The highest BCUT2D eigenvalue weighted by atomic mass is 19.4. The highest BCUT2D eigenvalue weighted by Crippen LogP contribution is 2.29. The SMILES string of the molecule is CCCOc1ccc(-c2c(C(=O)NN=Cc3ccc(C(F)(F)F)cc3)nnn2-c2nonc2N)cc1. The lowest BCUT2D eigenvalue weighted by molar-refractivity contribution is -0.137. The fourth-order valence-electron chi connectivity index (χ4n) is 3.09. The van der Waals surface area contributed by atoms with Crippen molar-refractivity contribution in [3.8, 4) is 22.8 Å². The maximum Gasteiger partial charge on any atom is 0.416 e. The smallest absolute Gasteiger partial charge is 0.416 e. The Morgan fingerprint density at radius 2 is 1.89 bits per heavy atom. The molecule has 0 atom stereocenters. The van der Waals surface area contributed by atoms with E-state index in [1.807, 2.05) is 6.92 Å². The fraction of sp³-hybridized carbons (Fsp3) is 0.182. The van der Waals surface area contributed by atoms with Gasteiger partial charge in [-0.25, -0.2) is 10.1 Å². The number of anilines is 1. The van der Waals surface area contributed by atoms with Crippen molar-refractivity contribution < 1.29 is 27.3 Å². The molecular formula is C22H19F3N8O3. The van der Waals surface area contributed by atoms with Crippen molar-refractivity contribution in [3.63, 3.8) is 0 Å². The Labute approximate surface area is 201 Å². The number of halogens is 3. The van der Waals surface area contributed by atoms with Gasteiger partial charge in [-0.05, 0) is 58.7 Å². The number of nitrogens with one attached hydrogen (secondary N) is 1. The minimum atomic E-state index is -4.45. The van der Waals surface area contributed by atoms with Gasteiger partial charge >= 0.3 is 6.18 Å². The van der Waals surface area contributed by atoms with E-state index in [-0.39, 0.29) is 23.0 Å². The number of carbonyl (C=O) groups is 1. The van der Waals surface area contributed by atoms with E-state index in [0.717, 1.165) is 18.6 Å². The third-order valence-corrected chi connectivity index (χ3v) is 4.80. The number of carbonyl (C=O) groups excluding carboxylic acids is 1. The minimum Gasteiger partial charge on any atom is -0.494 e. The van der Waals surface area contributed by atoms with E-state index >= 15 is 0 Å². The molecule has 0 spiro atoms. The van der Waals surface area contributed by atoms with Crippen LogP contribution in [0.4, 0.5) is 19.0 Å². The Bertz CT molecular complexity index is 1360. The Morgan fingerprint density at radius 3 is 2.50 bits per heavy atom. The van der Waals surface area contributed by atoms with Gasteiger partial charge in [-0.15, -0.1) is 5.10 Å². The van der Waals surface area contributed by atoms with Gasteiger partial charge in [0, 0.05) is 5.56 Å². The predicted octanol–water partition coefficient (Wildman–Crippen LogP) is 3.47. The number of benzene rings is 2. The number of nitrogens with zero attached hydrogens (tertiary/aromatic N) is 6. The van der Waals surface area contributed by atoms with Gasteiger partial charge < -0.3 is 10.5 Å². The van der Waals surface area contributed by atoms with Gasteiger partial charge in [0.15, 0.2) is 5.69 Å². The molecule has 0 radical (unpaired) electrons. The van der Waals surface area contributed by atoms with E-state index < -0.39 is 17.6 Å². The van der Waals surface area contributed by atoms with E-state index in [2.05, 4.69) is 35.8 Å². The van der Waals surface area contributed by atoms with E-state index in [1.54, 1.807) is 24.3 Å². The van der Waals surface area contributed by atoms with E-state index in [4.69, 9.17) is 10.5 Å². The summed E-state index contributed by atoms with van der Waals surface area (Å²) in [5, 5.41) is 18.9. The lowest BCUT2D eigenvalue weighted by Crippen LogP contribution is -2.19. The fourth-order valence-corrected chi connectivity index (χ4v) is 3.09. The standard InChI is InChI=1S/C22H19F3N8O3/c1-2-11-35-16-9-5-14(6-10-16)18-17(28-32-33(18)20-19(26)30-36-31-20)21(34)29-27-12-13-3-7-15(8-4-13)22(23,24)25/h3-10,12H,2,11H2,1H3,(H2,26,30)(H,29,34). The molecule has 2 heterocycles. The van der Waals surface area contributed by atoms with Crippen LogP contribution >= 0.6 is 0 Å². The number of hydrogen-bond donors (Lipinski definition) is 2. The van der Waals surface area contributed by atoms with Crippen LogP contribution in [0, 0.1) is 0 Å². The molecule has 0 aliphatic rings. The van der Waals surface area contributed by atoms with Crippen LogP contribution in [0.15, 0.2) is 58.3 Å². The van der Waals surface area contributed by atoms with Gasteiger partial charge in [0.05, 0.1) is 18.4 Å². The summed E-state index contributed by atoms with van der Waals surface area (Å²) in [5.74, 6) is -0.150. The van der Waals surface area contributed by atoms with Gasteiger partial charge in [-0.1, -0.05) is 24.3 Å². The van der Waals surface area contributed by atoms with Crippen LogP contribution in [0.5, 0.6) is 5.75 Å². The molecule has 1 amide bonds. The number of aromatic nitrogens is 5. The molecular weight excluding hydrogens is 481 g/mol. The molecule has 0 aliphatic heterocycles. The zero-order valence-corrected chi connectivity index (χ0v) is 18.7. The second-order valence-corrected chi connectivity index (χ2v) is 7.36. The summed E-state index contributed by atoms with van der Waals surface area (Å²) in [6.45, 7) is 2.53. The minimum absolute atomic E-state index is 0.0242. The van der Waals surface area contributed by atoms with Crippen molar-refractivity contribution in [2.45, 2.75) is 19.5 Å². The van der Waals surface area contributed by atoms with Crippen molar-refractivity contribution in [3.05, 3.63) is 65.4 Å². The van der Waals surface area contributed by atoms with E-state index in [0.29, 0.717) is 23.5 Å². The second kappa shape index (κ2) is 10.2. The zero-order chi connectivity index (χ0) is 25.7. The third-order valence-electron chi connectivity index (χ3n) is 4.80. The molecule has 4 rings (SSSR count). The Balaban J connectivity index is 1.60. The maximum absolute atomic E-state index is 12.9. The molecule has 0 saturated heterocycles. The summed E-state index contributed by atoms with van der Waals surface area (Å²) < 4.78 is 49.6. The van der Waals surface area contributed by atoms with E-state index in [9.17, 15) is 18.0 Å². The number of nitrogen functional groups attached to an aromatic ring is 1. The summed E-state index contributed by atoms with van der Waals surface area (Å²) in [7, 11) is 0. The molecule has 4 aromatic rings. The number of ether oxygens (including phenoxy) is 1. The topological polar surface area (TPSA) is 146 Å². The zero-order valence-electron chi connectivity index (χ0n) is 18.7. The Morgan fingerprint density at radius 1 is 1.17 bits per heavy atom. The van der Waals surface area contributed by atoms with Crippen LogP contribution < -0.4 is 15.9 Å². The summed E-state index contributed by atoms with van der Waals surface area (Å²) in [4.78, 5) is 12.9. The molecule has 0 unspecified atom stereocenters. The van der Waals surface area contributed by atoms with Crippen molar-refractivity contribution in [2.24, 2.45) is 5.10 Å². The van der Waals surface area contributed by atoms with Crippen molar-refractivity contribution >= 4 is 17.9 Å². The van der Waals surface area contributed by atoms with Crippen LogP contribution in [0.25, 0.3) is 17.1 Å². The van der Waals surface area contributed by atoms with Crippen LogP contribution in [0.1, 0.15) is 35.0 Å². The third kappa shape index (κ3) is 5.32. The normalized spacial score (nSPS) is 11.7. The lowest BCUT2D eigenvalue weighted by atomic mass is 10.1. The number of hydrazone groups is 1. The number of rotatable bonds is 8. The first-order valence-electron chi connectivity index (χ1n) is 10.6. The number of alkyl halides is 3. The monoisotopic (exact) mass is 500 g/mol. The highest BCUT2D eigenvalue weighted by molar-refractivity contribution is 5.98. The highest BCUT2D eigenvalue weighted by Gasteiger charge is 2.30. The summed E-state index contributed by atoms with van der Waals surface area (Å²) in [6, 6.07) is 11.1. The molecule has 11 nitrogen and oxygen atoms in total. The molecule has 0 bridgehead atoms. The largest absolute Gasteiger partial charge is 0.494 e. The van der Waals surface area contributed by atoms with Crippen molar-refractivity contribution in [1.82, 2.24) is 30.7 Å².